The number of aromatic hydroxyl groups is 2. The molecule has 2 N–H and O–H groups in total. The maximum atomic E-state index is 11.2. The van der Waals surface area contributed by atoms with Gasteiger partial charge >= 0.3 is 0 Å². The highest BCUT2D eigenvalue weighted by atomic mass is 16.5. The molecular formula is C15H14O4. The molecule has 2 aromatic carbocycles. The number of phenols is 2. The summed E-state index contributed by atoms with van der Waals surface area (Å²) in [6.07, 6.45) is 0.532. The number of ether oxygens (including phenoxy) is 1. The third-order valence-corrected chi connectivity index (χ3v) is 3.06. The molecule has 0 atom stereocenters. The van der Waals surface area contributed by atoms with Crippen LogP contribution in [0.15, 0.2) is 30.3 Å². The summed E-state index contributed by atoms with van der Waals surface area (Å²) in [5.41, 5.74) is 1.99. The number of aldehydes is 1. The molecule has 0 amide bonds. The fraction of sp³-hybridized carbons (Fsp3) is 0.133. The van der Waals surface area contributed by atoms with Gasteiger partial charge in [-0.1, -0.05) is 30.3 Å². The fourth-order valence-electron chi connectivity index (χ4n) is 2.19. The van der Waals surface area contributed by atoms with Crippen LogP contribution in [0, 0.1) is 6.92 Å². The van der Waals surface area contributed by atoms with E-state index in [1.54, 1.807) is 6.92 Å². The predicted molar refractivity (Wildman–Crippen MR) is 71.9 cm³/mol. The van der Waals surface area contributed by atoms with Gasteiger partial charge in [-0.25, -0.2) is 0 Å². The number of hydrogen-bond acceptors (Lipinski definition) is 4. The van der Waals surface area contributed by atoms with Crippen LogP contribution in [0.3, 0.4) is 0 Å². The second-order valence-corrected chi connectivity index (χ2v) is 4.13. The van der Waals surface area contributed by atoms with E-state index < -0.39 is 11.5 Å². The van der Waals surface area contributed by atoms with Crippen LogP contribution in [0.1, 0.15) is 15.9 Å². The van der Waals surface area contributed by atoms with Gasteiger partial charge in [-0.05, 0) is 12.5 Å². The quantitative estimate of drug-likeness (QED) is 0.656. The predicted octanol–water partition coefficient (Wildman–Crippen LogP) is 2.89. The number of methoxy groups -OCH3 is 1. The first kappa shape index (κ1) is 13.0. The number of rotatable bonds is 3. The highest BCUT2D eigenvalue weighted by molar-refractivity contribution is 5.95. The first-order valence-corrected chi connectivity index (χ1v) is 5.74. The van der Waals surface area contributed by atoms with Crippen LogP contribution in [0.5, 0.6) is 17.2 Å². The minimum Gasteiger partial charge on any atom is -0.504 e. The molecule has 0 aliphatic heterocycles. The molecule has 2 rings (SSSR count). The van der Waals surface area contributed by atoms with Crippen molar-refractivity contribution in [2.45, 2.75) is 6.92 Å². The smallest absolute Gasteiger partial charge is 0.201 e. The first-order chi connectivity index (χ1) is 9.11. The van der Waals surface area contributed by atoms with Gasteiger partial charge in [-0.3, -0.25) is 4.79 Å². The van der Waals surface area contributed by atoms with E-state index in [0.717, 1.165) is 5.56 Å². The molecule has 19 heavy (non-hydrogen) atoms. The molecule has 0 saturated heterocycles. The van der Waals surface area contributed by atoms with E-state index in [2.05, 4.69) is 0 Å². The van der Waals surface area contributed by atoms with Gasteiger partial charge in [-0.2, -0.15) is 0 Å². The molecule has 0 radical (unpaired) electrons. The molecule has 0 bridgehead atoms. The Morgan fingerprint density at radius 2 is 1.74 bits per heavy atom. The molecule has 2 aromatic rings. The van der Waals surface area contributed by atoms with Crippen molar-refractivity contribution >= 4 is 6.29 Å². The van der Waals surface area contributed by atoms with Crippen LogP contribution in [-0.2, 0) is 0 Å². The molecular weight excluding hydrogens is 244 g/mol. The van der Waals surface area contributed by atoms with E-state index >= 15 is 0 Å². The standard InChI is InChI=1S/C15H14O4/c1-9-12(10-6-4-3-5-7-10)11(8-16)13(17)14(18)15(9)19-2/h3-8,17-18H,1-2H3. The first-order valence-electron chi connectivity index (χ1n) is 5.74. The highest BCUT2D eigenvalue weighted by Crippen LogP contribution is 2.46. The lowest BCUT2D eigenvalue weighted by atomic mass is 9.93. The minimum absolute atomic E-state index is 0.0574. The van der Waals surface area contributed by atoms with Gasteiger partial charge in [-0.15, -0.1) is 0 Å². The molecule has 0 spiro atoms. The summed E-state index contributed by atoms with van der Waals surface area (Å²) in [7, 11) is 1.40. The Hall–Kier alpha value is -2.49. The largest absolute Gasteiger partial charge is 0.504 e. The number of benzene rings is 2. The van der Waals surface area contributed by atoms with Crippen LogP contribution >= 0.6 is 0 Å². The van der Waals surface area contributed by atoms with Crippen molar-refractivity contribution in [3.63, 3.8) is 0 Å². The Morgan fingerprint density at radius 3 is 2.26 bits per heavy atom. The van der Waals surface area contributed by atoms with Crippen molar-refractivity contribution in [1.29, 1.82) is 0 Å². The van der Waals surface area contributed by atoms with Crippen molar-refractivity contribution in [3.8, 4) is 28.4 Å². The Kier molecular flexibility index (Phi) is 3.42. The van der Waals surface area contributed by atoms with Gasteiger partial charge in [0.1, 0.15) is 0 Å². The summed E-state index contributed by atoms with van der Waals surface area (Å²) >= 11 is 0. The molecule has 0 fully saturated rings. The maximum Gasteiger partial charge on any atom is 0.201 e. The van der Waals surface area contributed by atoms with Crippen LogP contribution in [0.2, 0.25) is 0 Å². The molecule has 0 aliphatic rings. The van der Waals surface area contributed by atoms with Crippen molar-refractivity contribution in [1.82, 2.24) is 0 Å². The summed E-state index contributed by atoms with van der Waals surface area (Å²) in [6.45, 7) is 1.73. The summed E-state index contributed by atoms with van der Waals surface area (Å²) in [5, 5.41) is 19.7. The second kappa shape index (κ2) is 5.02. The van der Waals surface area contributed by atoms with E-state index in [1.165, 1.54) is 7.11 Å². The average Bonchev–Trinajstić information content (AvgIpc) is 2.44. The van der Waals surface area contributed by atoms with Crippen LogP contribution in [0.4, 0.5) is 0 Å². The van der Waals surface area contributed by atoms with E-state index in [1.807, 2.05) is 30.3 Å². The van der Waals surface area contributed by atoms with Crippen molar-refractivity contribution in [3.05, 3.63) is 41.5 Å². The van der Waals surface area contributed by atoms with Crippen molar-refractivity contribution in [2.24, 2.45) is 0 Å². The number of carbonyl (C=O) groups is 1. The highest BCUT2D eigenvalue weighted by Gasteiger charge is 2.22. The van der Waals surface area contributed by atoms with E-state index in [4.69, 9.17) is 4.74 Å². The lowest BCUT2D eigenvalue weighted by Gasteiger charge is -2.16. The van der Waals surface area contributed by atoms with Crippen LogP contribution in [-0.4, -0.2) is 23.6 Å². The third-order valence-electron chi connectivity index (χ3n) is 3.06. The number of carbonyl (C=O) groups excluding carboxylic acids is 1. The third kappa shape index (κ3) is 2.01. The van der Waals surface area contributed by atoms with Gasteiger partial charge < -0.3 is 14.9 Å². The Morgan fingerprint density at radius 1 is 1.11 bits per heavy atom. The molecule has 0 heterocycles. The maximum absolute atomic E-state index is 11.2. The topological polar surface area (TPSA) is 66.8 Å². The normalized spacial score (nSPS) is 10.2. The summed E-state index contributed by atoms with van der Waals surface area (Å²) in [4.78, 5) is 11.2. The molecule has 98 valence electrons. The van der Waals surface area contributed by atoms with Crippen LogP contribution < -0.4 is 4.74 Å². The van der Waals surface area contributed by atoms with E-state index in [9.17, 15) is 15.0 Å². The molecule has 4 heteroatoms. The van der Waals surface area contributed by atoms with Gasteiger partial charge in [0, 0.05) is 11.1 Å². The Labute approximate surface area is 110 Å². The second-order valence-electron chi connectivity index (χ2n) is 4.13. The number of hydrogen-bond donors (Lipinski definition) is 2. The van der Waals surface area contributed by atoms with E-state index in [0.29, 0.717) is 17.4 Å². The van der Waals surface area contributed by atoms with Gasteiger partial charge in [0.15, 0.2) is 17.8 Å². The summed E-state index contributed by atoms with van der Waals surface area (Å²) in [5.74, 6) is -0.708. The van der Waals surface area contributed by atoms with Crippen molar-refractivity contribution in [2.75, 3.05) is 7.11 Å². The summed E-state index contributed by atoms with van der Waals surface area (Å²) < 4.78 is 5.09. The molecule has 0 unspecified atom stereocenters. The molecule has 4 nitrogen and oxygen atoms in total. The monoisotopic (exact) mass is 258 g/mol. The number of phenolic OH excluding ortho intramolecular Hbond substituents is 2. The fourth-order valence-corrected chi connectivity index (χ4v) is 2.19. The SMILES string of the molecule is COc1c(C)c(-c2ccccc2)c(C=O)c(O)c1O. The van der Waals surface area contributed by atoms with Gasteiger partial charge in [0.05, 0.1) is 12.7 Å². The lowest BCUT2D eigenvalue weighted by molar-refractivity contribution is 0.112. The average molecular weight is 258 g/mol. The lowest BCUT2D eigenvalue weighted by Crippen LogP contribution is -1.97. The van der Waals surface area contributed by atoms with Crippen molar-refractivity contribution < 1.29 is 19.7 Å². The Bertz CT molecular complexity index is 618. The van der Waals surface area contributed by atoms with Crippen LogP contribution in [0.25, 0.3) is 11.1 Å². The van der Waals surface area contributed by atoms with E-state index in [-0.39, 0.29) is 11.3 Å². The zero-order chi connectivity index (χ0) is 14.0. The molecule has 0 aromatic heterocycles. The van der Waals surface area contributed by atoms with Gasteiger partial charge in [0.25, 0.3) is 0 Å². The minimum atomic E-state index is -0.462. The zero-order valence-corrected chi connectivity index (χ0v) is 10.7. The summed E-state index contributed by atoms with van der Waals surface area (Å²) in [6, 6.07) is 9.17. The molecule has 0 aliphatic carbocycles. The zero-order valence-electron chi connectivity index (χ0n) is 10.7. The Balaban J connectivity index is 2.86. The molecule has 0 saturated carbocycles. The van der Waals surface area contributed by atoms with Gasteiger partial charge in [0.2, 0.25) is 5.75 Å².